The molecule has 2 aromatic carbocycles. The second-order valence-corrected chi connectivity index (χ2v) is 8.34. The van der Waals surface area contributed by atoms with Gasteiger partial charge in [-0.25, -0.2) is 0 Å². The van der Waals surface area contributed by atoms with E-state index < -0.39 is 0 Å². The van der Waals surface area contributed by atoms with Crippen LogP contribution in [0.2, 0.25) is 0 Å². The molecule has 1 atom stereocenters. The Morgan fingerprint density at radius 1 is 1.07 bits per heavy atom. The van der Waals surface area contributed by atoms with E-state index in [4.69, 9.17) is 0 Å². The molecule has 3 aromatic rings. The molecule has 1 saturated heterocycles. The van der Waals surface area contributed by atoms with Crippen molar-refractivity contribution in [1.82, 2.24) is 14.8 Å². The van der Waals surface area contributed by atoms with Crippen molar-refractivity contribution in [2.75, 3.05) is 6.54 Å². The van der Waals surface area contributed by atoms with Gasteiger partial charge in [-0.2, -0.15) is 0 Å². The lowest BCUT2D eigenvalue weighted by atomic mass is 10.0. The number of fused-ring (bicyclic) bond motifs is 3. The smallest absolute Gasteiger partial charge is 0.247 e. The second-order valence-electron chi connectivity index (χ2n) is 7.49. The van der Waals surface area contributed by atoms with E-state index in [1.807, 2.05) is 42.5 Å². The summed E-state index contributed by atoms with van der Waals surface area (Å²) in [5.41, 5.74) is 4.56. The normalized spacial score (nSPS) is 20.2. The van der Waals surface area contributed by atoms with E-state index in [-0.39, 0.29) is 24.3 Å². The predicted molar refractivity (Wildman–Crippen MR) is 111 cm³/mol. The van der Waals surface area contributed by atoms with Crippen molar-refractivity contribution in [3.05, 3.63) is 69.8 Å². The summed E-state index contributed by atoms with van der Waals surface area (Å²) in [6.45, 7) is 1.82. The number of benzene rings is 2. The maximum atomic E-state index is 13.0. The van der Waals surface area contributed by atoms with Gasteiger partial charge in [-0.3, -0.25) is 19.4 Å². The zero-order valence-electron chi connectivity index (χ0n) is 15.3. The number of aromatic amines is 1. The fourth-order valence-electron chi connectivity index (χ4n) is 4.37. The van der Waals surface area contributed by atoms with Gasteiger partial charge in [-0.15, -0.1) is 0 Å². The van der Waals surface area contributed by atoms with Crippen LogP contribution in [0.4, 0.5) is 0 Å². The lowest BCUT2D eigenvalue weighted by molar-refractivity contribution is -0.140. The monoisotopic (exact) mass is 437 g/mol. The number of para-hydroxylation sites is 1. The highest BCUT2D eigenvalue weighted by atomic mass is 79.9. The molecule has 0 radical (unpaired) electrons. The number of carbonyl (C=O) groups is 2. The van der Waals surface area contributed by atoms with Gasteiger partial charge in [0.25, 0.3) is 0 Å². The first-order valence-corrected chi connectivity index (χ1v) is 10.3. The Balaban J connectivity index is 1.39. The van der Waals surface area contributed by atoms with Gasteiger partial charge in [0.2, 0.25) is 11.8 Å². The number of H-pyrrole nitrogens is 1. The lowest BCUT2D eigenvalue weighted by Gasteiger charge is -2.31. The van der Waals surface area contributed by atoms with E-state index in [0.29, 0.717) is 13.1 Å². The summed E-state index contributed by atoms with van der Waals surface area (Å²) < 4.78 is 1.05. The van der Waals surface area contributed by atoms with Crippen LogP contribution in [-0.2, 0) is 29.1 Å². The molecule has 142 valence electrons. The van der Waals surface area contributed by atoms with Gasteiger partial charge in [0.1, 0.15) is 0 Å². The van der Waals surface area contributed by atoms with Crippen LogP contribution < -0.4 is 0 Å². The second kappa shape index (κ2) is 6.87. The number of halogens is 1. The third kappa shape index (κ3) is 2.88. The molecule has 5 nitrogen and oxygen atoms in total. The topological polar surface area (TPSA) is 56.4 Å². The Kier molecular flexibility index (Phi) is 4.33. The molecule has 1 aromatic heterocycles. The summed E-state index contributed by atoms with van der Waals surface area (Å²) in [7, 11) is 0. The van der Waals surface area contributed by atoms with Crippen molar-refractivity contribution >= 4 is 38.6 Å². The fourth-order valence-corrected chi connectivity index (χ4v) is 4.84. The van der Waals surface area contributed by atoms with Crippen LogP contribution >= 0.6 is 15.9 Å². The average molecular weight is 438 g/mol. The first-order chi connectivity index (χ1) is 13.6. The molecule has 28 heavy (non-hydrogen) atoms. The van der Waals surface area contributed by atoms with Crippen molar-refractivity contribution in [2.24, 2.45) is 0 Å². The predicted octanol–water partition coefficient (Wildman–Crippen LogP) is 3.62. The highest BCUT2D eigenvalue weighted by molar-refractivity contribution is 9.10. The summed E-state index contributed by atoms with van der Waals surface area (Å²) in [6, 6.07) is 15.5. The minimum Gasteiger partial charge on any atom is -0.357 e. The molecular formula is C22H20BrN3O2. The summed E-state index contributed by atoms with van der Waals surface area (Å²) >= 11 is 3.61. The molecule has 0 spiro atoms. The van der Waals surface area contributed by atoms with Gasteiger partial charge < -0.3 is 4.98 Å². The maximum Gasteiger partial charge on any atom is 0.247 e. The zero-order valence-corrected chi connectivity index (χ0v) is 16.9. The molecule has 2 amide bonds. The molecule has 6 heteroatoms. The number of hydrogen-bond donors (Lipinski definition) is 1. The van der Waals surface area contributed by atoms with Crippen LogP contribution in [0.5, 0.6) is 0 Å². The third-order valence-corrected chi connectivity index (χ3v) is 6.49. The van der Waals surface area contributed by atoms with Crippen molar-refractivity contribution in [3.8, 4) is 0 Å². The Bertz CT molecular complexity index is 1080. The number of rotatable bonds is 3. The summed E-state index contributed by atoms with van der Waals surface area (Å²) in [4.78, 5) is 32.7. The Morgan fingerprint density at radius 3 is 2.71 bits per heavy atom. The molecule has 3 heterocycles. The van der Waals surface area contributed by atoms with Crippen molar-refractivity contribution in [2.45, 2.75) is 32.0 Å². The van der Waals surface area contributed by atoms with Gasteiger partial charge in [-0.1, -0.05) is 42.5 Å². The first kappa shape index (κ1) is 17.6. The Morgan fingerprint density at radius 2 is 1.89 bits per heavy atom. The molecule has 0 aliphatic carbocycles. The SMILES string of the molecule is O=C1C[C@H](N2CCc3[nH]c4c(Br)cccc4c3C2)C(=O)N1Cc1ccccc1. The molecule has 0 bridgehead atoms. The molecule has 1 N–H and O–H groups in total. The van der Waals surface area contributed by atoms with Gasteiger partial charge in [0.15, 0.2) is 0 Å². The fraction of sp³-hybridized carbons (Fsp3) is 0.273. The molecular weight excluding hydrogens is 418 g/mol. The molecule has 0 saturated carbocycles. The molecule has 1 fully saturated rings. The average Bonchev–Trinajstić information content (AvgIpc) is 3.22. The number of aromatic nitrogens is 1. The van der Waals surface area contributed by atoms with Gasteiger partial charge in [-0.05, 0) is 33.1 Å². The summed E-state index contributed by atoms with van der Waals surface area (Å²) in [5, 5.41) is 1.19. The van der Waals surface area contributed by atoms with Crippen molar-refractivity contribution in [3.63, 3.8) is 0 Å². The standard InChI is InChI=1S/C22H20BrN3O2/c23-17-8-4-7-15-16-13-25(10-9-18(16)24-21(15)17)19-11-20(27)26(22(19)28)12-14-5-2-1-3-6-14/h1-8,19,24H,9-13H2/t19-/m0/s1. The highest BCUT2D eigenvalue weighted by Crippen LogP contribution is 2.33. The summed E-state index contributed by atoms with van der Waals surface area (Å²) in [5.74, 6) is -0.148. The number of nitrogens with zero attached hydrogens (tertiary/aromatic N) is 2. The van der Waals surface area contributed by atoms with Crippen molar-refractivity contribution < 1.29 is 9.59 Å². The number of carbonyl (C=O) groups excluding carboxylic acids is 2. The van der Waals surface area contributed by atoms with Gasteiger partial charge in [0, 0.05) is 35.1 Å². The number of hydrogen-bond acceptors (Lipinski definition) is 3. The van der Waals surface area contributed by atoms with Crippen LogP contribution in [0.15, 0.2) is 53.0 Å². The van der Waals surface area contributed by atoms with Crippen LogP contribution in [0.25, 0.3) is 10.9 Å². The molecule has 2 aliphatic rings. The highest BCUT2D eigenvalue weighted by Gasteiger charge is 2.42. The van der Waals surface area contributed by atoms with Crippen LogP contribution in [-0.4, -0.2) is 39.2 Å². The molecule has 0 unspecified atom stereocenters. The first-order valence-electron chi connectivity index (χ1n) is 9.52. The minimum atomic E-state index is -0.360. The van der Waals surface area contributed by atoms with E-state index in [1.165, 1.54) is 21.5 Å². The maximum absolute atomic E-state index is 13.0. The summed E-state index contributed by atoms with van der Waals surface area (Å²) in [6.07, 6.45) is 1.13. The minimum absolute atomic E-state index is 0.0710. The van der Waals surface area contributed by atoms with Gasteiger partial charge in [0.05, 0.1) is 24.5 Å². The van der Waals surface area contributed by atoms with E-state index in [9.17, 15) is 9.59 Å². The molecule has 5 rings (SSSR count). The van der Waals surface area contributed by atoms with Gasteiger partial charge >= 0.3 is 0 Å². The van der Waals surface area contributed by atoms with Crippen LogP contribution in [0, 0.1) is 0 Å². The number of nitrogens with one attached hydrogen (secondary N) is 1. The van der Waals surface area contributed by atoms with E-state index in [0.717, 1.165) is 28.5 Å². The lowest BCUT2D eigenvalue weighted by Crippen LogP contribution is -2.44. The number of imide groups is 1. The molecule has 2 aliphatic heterocycles. The van der Waals surface area contributed by atoms with E-state index in [1.54, 1.807) is 0 Å². The third-order valence-electron chi connectivity index (χ3n) is 5.83. The number of likely N-dealkylation sites (tertiary alicyclic amines) is 1. The van der Waals surface area contributed by atoms with E-state index >= 15 is 0 Å². The van der Waals surface area contributed by atoms with E-state index in [2.05, 4.69) is 31.9 Å². The Hall–Kier alpha value is -2.44. The van der Waals surface area contributed by atoms with Crippen LogP contribution in [0.3, 0.4) is 0 Å². The number of amides is 2. The van der Waals surface area contributed by atoms with Crippen LogP contribution in [0.1, 0.15) is 23.2 Å². The zero-order chi connectivity index (χ0) is 19.3. The Labute approximate surface area is 171 Å². The quantitative estimate of drug-likeness (QED) is 0.636. The van der Waals surface area contributed by atoms with Crippen molar-refractivity contribution in [1.29, 1.82) is 0 Å². The largest absolute Gasteiger partial charge is 0.357 e.